The molecule has 1 aliphatic heterocycles. The second-order valence-corrected chi connectivity index (χ2v) is 4.50. The van der Waals surface area contributed by atoms with Crippen LogP contribution in [0.4, 0.5) is 4.79 Å². The van der Waals surface area contributed by atoms with E-state index in [2.05, 4.69) is 16.1 Å². The number of likely N-dealkylation sites (N-methyl/N-ethyl adjacent to an activating group) is 1. The summed E-state index contributed by atoms with van der Waals surface area (Å²) in [5, 5.41) is 11.5. The number of urea groups is 1. The Morgan fingerprint density at radius 3 is 2.89 bits per heavy atom. The molecule has 0 aromatic heterocycles. The lowest BCUT2D eigenvalue weighted by atomic mass is 10.1. The summed E-state index contributed by atoms with van der Waals surface area (Å²) in [5.41, 5.74) is 0. The molecule has 1 atom stereocenters. The van der Waals surface area contributed by atoms with E-state index >= 15 is 0 Å². The lowest BCUT2D eigenvalue weighted by Crippen LogP contribution is -2.51. The van der Waals surface area contributed by atoms with Crippen molar-refractivity contribution in [2.45, 2.75) is 18.9 Å². The van der Waals surface area contributed by atoms with Crippen LogP contribution in [0.5, 0.6) is 0 Å². The fourth-order valence-corrected chi connectivity index (χ4v) is 2.02. The van der Waals surface area contributed by atoms with Gasteiger partial charge >= 0.3 is 12.0 Å². The van der Waals surface area contributed by atoms with Crippen molar-refractivity contribution in [2.24, 2.45) is 0 Å². The summed E-state index contributed by atoms with van der Waals surface area (Å²) in [6.07, 6.45) is 7.06. The van der Waals surface area contributed by atoms with E-state index in [1.807, 2.05) is 7.05 Å². The average molecular weight is 253 g/mol. The number of nitrogens with zero attached hydrogens (tertiary/aromatic N) is 2. The molecule has 6 nitrogen and oxygen atoms in total. The summed E-state index contributed by atoms with van der Waals surface area (Å²) in [6.45, 7) is 1.43. The molecule has 1 aliphatic rings. The van der Waals surface area contributed by atoms with E-state index in [-0.39, 0.29) is 19.1 Å². The first-order chi connectivity index (χ1) is 8.52. The van der Waals surface area contributed by atoms with Gasteiger partial charge in [-0.3, -0.25) is 4.79 Å². The number of hydrogen-bond acceptors (Lipinski definition) is 3. The Hall–Kier alpha value is -1.74. The number of carboxylic acid groups (broad SMARTS) is 1. The quantitative estimate of drug-likeness (QED) is 0.681. The van der Waals surface area contributed by atoms with Gasteiger partial charge in [-0.1, -0.05) is 5.92 Å². The van der Waals surface area contributed by atoms with Gasteiger partial charge in [-0.05, 0) is 26.4 Å². The van der Waals surface area contributed by atoms with Crippen molar-refractivity contribution in [3.8, 4) is 12.3 Å². The molecule has 1 heterocycles. The molecule has 1 fully saturated rings. The minimum Gasteiger partial charge on any atom is -0.480 e. The van der Waals surface area contributed by atoms with Crippen LogP contribution in [-0.4, -0.2) is 66.2 Å². The molecular weight excluding hydrogens is 234 g/mol. The molecular formula is C12H19N3O3. The van der Waals surface area contributed by atoms with E-state index in [4.69, 9.17) is 11.5 Å². The first-order valence-electron chi connectivity index (χ1n) is 5.92. The minimum absolute atomic E-state index is 0.000687. The Bertz CT molecular complexity index is 351. The summed E-state index contributed by atoms with van der Waals surface area (Å²) in [5.74, 6) is 1.22. The predicted molar refractivity (Wildman–Crippen MR) is 67.1 cm³/mol. The maximum atomic E-state index is 11.9. The van der Waals surface area contributed by atoms with Crippen molar-refractivity contribution in [2.75, 3.05) is 33.2 Å². The zero-order chi connectivity index (χ0) is 13.5. The second-order valence-electron chi connectivity index (χ2n) is 4.50. The molecule has 0 spiro atoms. The number of nitrogens with one attached hydrogen (secondary N) is 1. The highest BCUT2D eigenvalue weighted by Gasteiger charge is 2.22. The number of terminal acetylenes is 1. The number of likely N-dealkylation sites (tertiary alicyclic amines) is 1. The van der Waals surface area contributed by atoms with Gasteiger partial charge in [-0.25, -0.2) is 4.79 Å². The van der Waals surface area contributed by atoms with Gasteiger partial charge in [0, 0.05) is 12.6 Å². The predicted octanol–water partition coefficient (Wildman–Crippen LogP) is -0.190. The first kappa shape index (κ1) is 14.3. The van der Waals surface area contributed by atoms with Crippen molar-refractivity contribution < 1.29 is 14.7 Å². The minimum atomic E-state index is -1.07. The van der Waals surface area contributed by atoms with E-state index < -0.39 is 12.0 Å². The van der Waals surface area contributed by atoms with E-state index in [9.17, 15) is 9.59 Å². The van der Waals surface area contributed by atoms with Crippen LogP contribution in [0.2, 0.25) is 0 Å². The number of carbonyl (C=O) groups excluding carboxylic acids is 1. The molecule has 6 heteroatoms. The highest BCUT2D eigenvalue weighted by molar-refractivity contribution is 5.80. The van der Waals surface area contributed by atoms with Gasteiger partial charge in [0.05, 0.1) is 6.54 Å². The topological polar surface area (TPSA) is 72.9 Å². The Balaban J connectivity index is 2.50. The molecule has 2 N–H and O–H groups in total. The van der Waals surface area contributed by atoms with E-state index in [1.165, 1.54) is 0 Å². The van der Waals surface area contributed by atoms with Gasteiger partial charge in [0.1, 0.15) is 6.54 Å². The Morgan fingerprint density at radius 2 is 2.33 bits per heavy atom. The number of piperidine rings is 1. The fourth-order valence-electron chi connectivity index (χ4n) is 2.02. The van der Waals surface area contributed by atoms with E-state index in [1.54, 1.807) is 0 Å². The lowest BCUT2D eigenvalue weighted by molar-refractivity contribution is -0.137. The second kappa shape index (κ2) is 6.87. The third-order valence-corrected chi connectivity index (χ3v) is 2.85. The highest BCUT2D eigenvalue weighted by Crippen LogP contribution is 2.08. The van der Waals surface area contributed by atoms with Crippen molar-refractivity contribution in [1.29, 1.82) is 0 Å². The average Bonchev–Trinajstić information content (AvgIpc) is 2.27. The van der Waals surface area contributed by atoms with Crippen molar-refractivity contribution >= 4 is 12.0 Å². The van der Waals surface area contributed by atoms with E-state index in [0.717, 1.165) is 30.8 Å². The van der Waals surface area contributed by atoms with Crippen LogP contribution in [-0.2, 0) is 4.79 Å². The maximum Gasteiger partial charge on any atom is 0.323 e. The number of carboxylic acids is 1. The van der Waals surface area contributed by atoms with Crippen LogP contribution in [0.15, 0.2) is 0 Å². The molecule has 0 aromatic rings. The van der Waals surface area contributed by atoms with Gasteiger partial charge in [0.25, 0.3) is 0 Å². The zero-order valence-corrected chi connectivity index (χ0v) is 10.6. The summed E-state index contributed by atoms with van der Waals surface area (Å²) in [7, 11) is 1.99. The smallest absolute Gasteiger partial charge is 0.323 e. The van der Waals surface area contributed by atoms with Crippen LogP contribution in [0.25, 0.3) is 0 Å². The highest BCUT2D eigenvalue weighted by atomic mass is 16.4. The molecule has 0 radical (unpaired) electrons. The maximum absolute atomic E-state index is 11.9. The number of rotatable bonds is 4. The summed E-state index contributed by atoms with van der Waals surface area (Å²) < 4.78 is 0. The molecule has 1 unspecified atom stereocenters. The Labute approximate surface area is 107 Å². The molecule has 1 saturated heterocycles. The number of amides is 2. The monoisotopic (exact) mass is 253 g/mol. The van der Waals surface area contributed by atoms with Gasteiger partial charge in [-0.2, -0.15) is 0 Å². The summed E-state index contributed by atoms with van der Waals surface area (Å²) in [6, 6.07) is -0.346. The lowest BCUT2D eigenvalue weighted by Gasteiger charge is -2.31. The number of aliphatic carboxylic acids is 1. The normalized spacial score (nSPS) is 19.9. The van der Waals surface area contributed by atoms with Gasteiger partial charge < -0.3 is 20.2 Å². The van der Waals surface area contributed by atoms with Crippen LogP contribution >= 0.6 is 0 Å². The molecule has 18 heavy (non-hydrogen) atoms. The molecule has 0 saturated carbocycles. The van der Waals surface area contributed by atoms with Gasteiger partial charge in [0.15, 0.2) is 0 Å². The van der Waals surface area contributed by atoms with E-state index in [0.29, 0.717) is 0 Å². The van der Waals surface area contributed by atoms with Crippen molar-refractivity contribution in [3.63, 3.8) is 0 Å². The van der Waals surface area contributed by atoms with Crippen molar-refractivity contribution in [3.05, 3.63) is 0 Å². The molecule has 0 aromatic carbocycles. The number of hydrogen-bond donors (Lipinski definition) is 2. The van der Waals surface area contributed by atoms with Crippen LogP contribution < -0.4 is 5.32 Å². The standard InChI is InChI=1S/C12H19N3O3/c1-3-6-15(9-11(16)17)12(18)13-10-5-4-7-14(2)8-10/h1,10H,4-9H2,2H3,(H,13,18)(H,16,17). The summed E-state index contributed by atoms with van der Waals surface area (Å²) >= 11 is 0. The van der Waals surface area contributed by atoms with Crippen LogP contribution in [0, 0.1) is 12.3 Å². The summed E-state index contributed by atoms with van der Waals surface area (Å²) in [4.78, 5) is 25.8. The third kappa shape index (κ3) is 4.63. The zero-order valence-electron chi connectivity index (χ0n) is 10.6. The van der Waals surface area contributed by atoms with Gasteiger partial charge in [-0.15, -0.1) is 6.42 Å². The third-order valence-electron chi connectivity index (χ3n) is 2.85. The number of carbonyl (C=O) groups is 2. The largest absolute Gasteiger partial charge is 0.480 e. The van der Waals surface area contributed by atoms with Gasteiger partial charge in [0.2, 0.25) is 0 Å². The van der Waals surface area contributed by atoms with Crippen LogP contribution in [0.1, 0.15) is 12.8 Å². The molecule has 100 valence electrons. The molecule has 1 rings (SSSR count). The van der Waals surface area contributed by atoms with Crippen LogP contribution in [0.3, 0.4) is 0 Å². The molecule has 0 aliphatic carbocycles. The van der Waals surface area contributed by atoms with Crippen molar-refractivity contribution in [1.82, 2.24) is 15.1 Å². The molecule has 2 amide bonds. The first-order valence-corrected chi connectivity index (χ1v) is 5.92. The molecule has 0 bridgehead atoms. The fraction of sp³-hybridized carbons (Fsp3) is 0.667. The Kier molecular flexibility index (Phi) is 5.46. The Morgan fingerprint density at radius 1 is 1.61 bits per heavy atom. The SMILES string of the molecule is C#CCN(CC(=O)O)C(=O)NC1CCCN(C)C1.